The summed E-state index contributed by atoms with van der Waals surface area (Å²) in [6, 6.07) is 0. The van der Waals surface area contributed by atoms with E-state index in [1.807, 2.05) is 14.1 Å². The number of nitrogens with one attached hydrogen (secondary N) is 1. The van der Waals surface area contributed by atoms with E-state index in [-0.39, 0.29) is 5.91 Å². The van der Waals surface area contributed by atoms with Crippen LogP contribution in [-0.2, 0) is 4.79 Å². The SMILES string of the molecule is COc1ncnc(N(C)C)c1NC(=O)C12CC3CC(CC(F)(C3)C1)C2. The van der Waals surface area contributed by atoms with Crippen molar-refractivity contribution in [1.82, 2.24) is 9.97 Å². The topological polar surface area (TPSA) is 67.4 Å². The Kier molecular flexibility index (Phi) is 3.67. The molecule has 1 aromatic heterocycles. The number of halogens is 1. The summed E-state index contributed by atoms with van der Waals surface area (Å²) in [6.45, 7) is 0. The maximum atomic E-state index is 15.1. The number of hydrogen-bond acceptors (Lipinski definition) is 5. The Labute approximate surface area is 147 Å². The van der Waals surface area contributed by atoms with Crippen LogP contribution in [0.1, 0.15) is 38.5 Å². The molecule has 4 bridgehead atoms. The number of alkyl halides is 1. The molecule has 1 N–H and O–H groups in total. The van der Waals surface area contributed by atoms with Crippen molar-refractivity contribution in [3.8, 4) is 5.88 Å². The second-order valence-corrected chi connectivity index (χ2v) is 8.32. The fraction of sp³-hybridized carbons (Fsp3) is 0.722. The lowest BCUT2D eigenvalue weighted by atomic mass is 9.48. The van der Waals surface area contributed by atoms with Crippen molar-refractivity contribution in [1.29, 1.82) is 0 Å². The van der Waals surface area contributed by atoms with E-state index in [9.17, 15) is 4.79 Å². The Morgan fingerprint density at radius 3 is 2.52 bits per heavy atom. The highest BCUT2D eigenvalue weighted by molar-refractivity contribution is 5.99. The average Bonchev–Trinajstić information content (AvgIpc) is 2.52. The maximum absolute atomic E-state index is 15.1. The molecule has 1 heterocycles. The fourth-order valence-corrected chi connectivity index (χ4v) is 5.63. The molecular formula is C18H25FN4O2. The number of nitrogens with zero attached hydrogens (tertiary/aromatic N) is 3. The maximum Gasteiger partial charge on any atom is 0.242 e. The highest BCUT2D eigenvalue weighted by Crippen LogP contribution is 2.63. The third kappa shape index (κ3) is 2.64. The monoisotopic (exact) mass is 348 g/mol. The molecule has 0 saturated heterocycles. The quantitative estimate of drug-likeness (QED) is 0.906. The van der Waals surface area contributed by atoms with E-state index >= 15 is 4.39 Å². The molecule has 4 fully saturated rings. The van der Waals surface area contributed by atoms with Gasteiger partial charge in [-0.15, -0.1) is 0 Å². The summed E-state index contributed by atoms with van der Waals surface area (Å²) >= 11 is 0. The van der Waals surface area contributed by atoms with Gasteiger partial charge in [0, 0.05) is 14.1 Å². The van der Waals surface area contributed by atoms with Crippen molar-refractivity contribution in [3.05, 3.63) is 6.33 Å². The van der Waals surface area contributed by atoms with Gasteiger partial charge in [-0.05, 0) is 50.4 Å². The van der Waals surface area contributed by atoms with Crippen LogP contribution in [0.15, 0.2) is 6.33 Å². The summed E-state index contributed by atoms with van der Waals surface area (Å²) in [5.41, 5.74) is -1.31. The molecule has 1 aromatic rings. The zero-order valence-corrected chi connectivity index (χ0v) is 15.0. The Morgan fingerprint density at radius 2 is 1.96 bits per heavy atom. The van der Waals surface area contributed by atoms with Crippen LogP contribution in [0.25, 0.3) is 0 Å². The summed E-state index contributed by atoms with van der Waals surface area (Å²) in [7, 11) is 5.20. The Morgan fingerprint density at radius 1 is 1.28 bits per heavy atom. The molecule has 2 unspecified atom stereocenters. The zero-order valence-electron chi connectivity index (χ0n) is 15.0. The molecule has 4 saturated carbocycles. The minimum absolute atomic E-state index is 0.111. The van der Waals surface area contributed by atoms with E-state index in [1.54, 1.807) is 4.90 Å². The molecule has 4 aliphatic rings. The van der Waals surface area contributed by atoms with Gasteiger partial charge >= 0.3 is 0 Å². The van der Waals surface area contributed by atoms with Crippen LogP contribution in [-0.4, -0.2) is 42.7 Å². The molecule has 5 rings (SSSR count). The largest absolute Gasteiger partial charge is 0.479 e. The normalized spacial score (nSPS) is 35.5. The highest BCUT2D eigenvalue weighted by Gasteiger charge is 2.61. The number of methoxy groups -OCH3 is 1. The molecule has 136 valence electrons. The van der Waals surface area contributed by atoms with Gasteiger partial charge in [-0.1, -0.05) is 0 Å². The molecule has 25 heavy (non-hydrogen) atoms. The van der Waals surface area contributed by atoms with Gasteiger partial charge in [0.15, 0.2) is 5.82 Å². The Hall–Kier alpha value is -1.92. The van der Waals surface area contributed by atoms with Crippen LogP contribution < -0.4 is 15.0 Å². The molecule has 0 aromatic carbocycles. The van der Waals surface area contributed by atoms with Gasteiger partial charge in [0.05, 0.1) is 12.5 Å². The van der Waals surface area contributed by atoms with E-state index in [0.29, 0.717) is 48.5 Å². The highest BCUT2D eigenvalue weighted by atomic mass is 19.1. The van der Waals surface area contributed by atoms with Gasteiger partial charge in [-0.25, -0.2) is 9.37 Å². The van der Waals surface area contributed by atoms with Crippen LogP contribution in [0.3, 0.4) is 0 Å². The summed E-state index contributed by atoms with van der Waals surface area (Å²) in [5.74, 6) is 1.46. The molecule has 0 aliphatic heterocycles. The van der Waals surface area contributed by atoms with Gasteiger partial charge in [0.1, 0.15) is 17.7 Å². The standard InChI is InChI=1S/C18H25FN4O2/c1-23(2)14-13(15(25-3)21-10-20-14)22-16(24)17-5-11-4-12(6-17)8-18(19,7-11)9-17/h10-12H,4-9H2,1-3H3,(H,22,24). The van der Waals surface area contributed by atoms with Crippen LogP contribution in [0, 0.1) is 17.3 Å². The molecular weight excluding hydrogens is 323 g/mol. The smallest absolute Gasteiger partial charge is 0.242 e. The van der Waals surface area contributed by atoms with E-state index in [4.69, 9.17) is 4.74 Å². The molecule has 0 radical (unpaired) electrons. The molecule has 7 heteroatoms. The van der Waals surface area contributed by atoms with Gasteiger partial charge < -0.3 is 15.0 Å². The zero-order chi connectivity index (χ0) is 17.8. The minimum atomic E-state index is -1.16. The van der Waals surface area contributed by atoms with Crippen LogP contribution >= 0.6 is 0 Å². The number of ether oxygens (including phenoxy) is 1. The summed E-state index contributed by atoms with van der Waals surface area (Å²) in [5, 5.41) is 2.99. The van der Waals surface area contributed by atoms with Gasteiger partial charge in [0.2, 0.25) is 11.8 Å². The summed E-state index contributed by atoms with van der Waals surface area (Å²) < 4.78 is 20.5. The van der Waals surface area contributed by atoms with Crippen LogP contribution in [0.2, 0.25) is 0 Å². The first-order chi connectivity index (χ1) is 11.8. The van der Waals surface area contributed by atoms with Gasteiger partial charge in [-0.3, -0.25) is 4.79 Å². The molecule has 6 nitrogen and oxygen atoms in total. The van der Waals surface area contributed by atoms with Crippen molar-refractivity contribution in [3.63, 3.8) is 0 Å². The summed E-state index contributed by atoms with van der Waals surface area (Å²) in [6.07, 6.45) is 5.64. The molecule has 2 atom stereocenters. The number of aromatic nitrogens is 2. The van der Waals surface area contributed by atoms with E-state index in [0.717, 1.165) is 19.3 Å². The van der Waals surface area contributed by atoms with Crippen molar-refractivity contribution in [2.24, 2.45) is 17.3 Å². The van der Waals surface area contributed by atoms with Crippen LogP contribution in [0.4, 0.5) is 15.9 Å². The Balaban J connectivity index is 1.65. The second-order valence-electron chi connectivity index (χ2n) is 8.32. The van der Waals surface area contributed by atoms with E-state index < -0.39 is 11.1 Å². The first kappa shape index (κ1) is 16.5. The number of amides is 1. The fourth-order valence-electron chi connectivity index (χ4n) is 5.63. The number of carbonyl (C=O) groups is 1. The van der Waals surface area contributed by atoms with Crippen molar-refractivity contribution in [2.75, 3.05) is 31.4 Å². The molecule has 4 aliphatic carbocycles. The Bertz CT molecular complexity index is 694. The number of hydrogen-bond donors (Lipinski definition) is 1. The molecule has 1 amide bonds. The lowest BCUT2D eigenvalue weighted by Crippen LogP contribution is -2.57. The number of carbonyl (C=O) groups excluding carboxylic acids is 1. The number of anilines is 2. The van der Waals surface area contributed by atoms with Gasteiger partial charge in [-0.2, -0.15) is 4.98 Å². The minimum Gasteiger partial charge on any atom is -0.479 e. The molecule has 0 spiro atoms. The predicted octanol–water partition coefficient (Wildman–Crippen LogP) is 2.80. The van der Waals surface area contributed by atoms with Crippen molar-refractivity contribution >= 4 is 17.4 Å². The van der Waals surface area contributed by atoms with Crippen LogP contribution in [0.5, 0.6) is 5.88 Å². The van der Waals surface area contributed by atoms with Crippen molar-refractivity contribution in [2.45, 2.75) is 44.2 Å². The third-order valence-electron chi connectivity index (χ3n) is 6.12. The summed E-state index contributed by atoms with van der Waals surface area (Å²) in [4.78, 5) is 23.4. The van der Waals surface area contributed by atoms with Gasteiger partial charge in [0.25, 0.3) is 0 Å². The number of rotatable bonds is 4. The van der Waals surface area contributed by atoms with E-state index in [1.165, 1.54) is 13.4 Å². The van der Waals surface area contributed by atoms with Crippen molar-refractivity contribution < 1.29 is 13.9 Å². The third-order valence-corrected chi connectivity index (χ3v) is 6.12. The first-order valence-electron chi connectivity index (χ1n) is 8.91. The second kappa shape index (κ2) is 5.54. The first-order valence-corrected chi connectivity index (χ1v) is 8.91. The lowest BCUT2D eigenvalue weighted by Gasteiger charge is -2.58. The lowest BCUT2D eigenvalue weighted by molar-refractivity contribution is -0.155. The van der Waals surface area contributed by atoms with E-state index in [2.05, 4.69) is 15.3 Å². The average molecular weight is 348 g/mol. The predicted molar refractivity (Wildman–Crippen MR) is 92.5 cm³/mol.